The fourth-order valence-electron chi connectivity index (χ4n) is 1.22. The van der Waals surface area contributed by atoms with Crippen LogP contribution in [-0.4, -0.2) is 37.1 Å². The average Bonchev–Trinajstić information content (AvgIpc) is 2.16. The minimum Gasteiger partial charge on any atom is -0.395 e. The molecular weight excluding hydrogens is 172 g/mol. The molecule has 1 heterocycles. The zero-order valence-corrected chi connectivity index (χ0v) is 7.58. The number of carbonyl (C=O) groups excluding carboxylic acids is 1. The van der Waals surface area contributed by atoms with E-state index in [1.54, 1.807) is 0 Å². The lowest BCUT2D eigenvalue weighted by Crippen LogP contribution is -2.45. The quantitative estimate of drug-likeness (QED) is 0.574. The van der Waals surface area contributed by atoms with Crippen LogP contribution in [0.15, 0.2) is 0 Å². The van der Waals surface area contributed by atoms with Crippen molar-refractivity contribution in [2.75, 3.05) is 19.8 Å². The van der Waals surface area contributed by atoms with Gasteiger partial charge in [0.1, 0.15) is 6.23 Å². The molecule has 0 radical (unpaired) electrons. The molecule has 13 heavy (non-hydrogen) atoms. The minimum atomic E-state index is -0.277. The lowest BCUT2D eigenvalue weighted by molar-refractivity contribution is 0.00229. The summed E-state index contributed by atoms with van der Waals surface area (Å²) in [7, 11) is 0. The molecule has 76 valence electrons. The zero-order valence-electron chi connectivity index (χ0n) is 7.58. The molecule has 1 rings (SSSR count). The van der Waals surface area contributed by atoms with Gasteiger partial charge in [0, 0.05) is 13.2 Å². The summed E-state index contributed by atoms with van der Waals surface area (Å²) < 4.78 is 5.29. The summed E-state index contributed by atoms with van der Waals surface area (Å²) in [5, 5.41) is 13.6. The molecule has 0 saturated carbocycles. The monoisotopic (exact) mass is 188 g/mol. The lowest BCUT2D eigenvalue weighted by atomic mass is 10.2. The number of nitrogens with one attached hydrogen (secondary N) is 2. The fourth-order valence-corrected chi connectivity index (χ4v) is 1.22. The Balaban J connectivity index is 2.11. The van der Waals surface area contributed by atoms with E-state index in [0.29, 0.717) is 6.61 Å². The van der Waals surface area contributed by atoms with Gasteiger partial charge in [-0.05, 0) is 19.3 Å². The van der Waals surface area contributed by atoms with E-state index >= 15 is 0 Å². The summed E-state index contributed by atoms with van der Waals surface area (Å²) in [6.45, 7) is 0.947. The van der Waals surface area contributed by atoms with Crippen LogP contribution in [0, 0.1) is 0 Å². The molecular formula is C8H16N2O3. The number of aliphatic hydroxyl groups excluding tert-OH is 1. The van der Waals surface area contributed by atoms with Crippen molar-refractivity contribution in [2.24, 2.45) is 0 Å². The molecule has 5 heteroatoms. The van der Waals surface area contributed by atoms with Crippen molar-refractivity contribution in [3.63, 3.8) is 0 Å². The summed E-state index contributed by atoms with van der Waals surface area (Å²) >= 11 is 0. The second kappa shape index (κ2) is 5.77. The molecule has 1 fully saturated rings. The van der Waals surface area contributed by atoms with Crippen LogP contribution < -0.4 is 10.6 Å². The first-order valence-corrected chi connectivity index (χ1v) is 4.60. The lowest BCUT2D eigenvalue weighted by Gasteiger charge is -2.23. The van der Waals surface area contributed by atoms with Gasteiger partial charge in [-0.2, -0.15) is 0 Å². The predicted octanol–water partition coefficient (Wildman–Crippen LogP) is -0.196. The molecule has 1 atom stereocenters. The number of amides is 2. The van der Waals surface area contributed by atoms with Gasteiger partial charge >= 0.3 is 6.03 Å². The van der Waals surface area contributed by atoms with E-state index in [0.717, 1.165) is 19.3 Å². The van der Waals surface area contributed by atoms with Crippen molar-refractivity contribution in [3.8, 4) is 0 Å². The summed E-state index contributed by atoms with van der Waals surface area (Å²) in [5.41, 5.74) is 0. The normalized spacial score (nSPS) is 22.4. The first-order valence-electron chi connectivity index (χ1n) is 4.60. The molecule has 0 aromatic rings. The van der Waals surface area contributed by atoms with E-state index in [1.165, 1.54) is 0 Å². The highest BCUT2D eigenvalue weighted by atomic mass is 16.5. The van der Waals surface area contributed by atoms with Crippen molar-refractivity contribution in [1.29, 1.82) is 0 Å². The molecule has 0 aliphatic carbocycles. The second-order valence-corrected chi connectivity index (χ2v) is 2.98. The van der Waals surface area contributed by atoms with Crippen molar-refractivity contribution in [2.45, 2.75) is 25.5 Å². The standard InChI is InChI=1S/C8H16N2O3/c11-5-4-9-8(12)10-7-3-1-2-6-13-7/h7,11H,1-6H2,(H2,9,10,12). The summed E-state index contributed by atoms with van der Waals surface area (Å²) in [5.74, 6) is 0. The molecule has 1 aliphatic heterocycles. The van der Waals surface area contributed by atoms with Crippen LogP contribution in [0.4, 0.5) is 4.79 Å². The van der Waals surface area contributed by atoms with Crippen LogP contribution >= 0.6 is 0 Å². The number of hydrogen-bond donors (Lipinski definition) is 3. The van der Waals surface area contributed by atoms with Gasteiger partial charge in [0.05, 0.1) is 6.61 Å². The fraction of sp³-hybridized carbons (Fsp3) is 0.875. The number of rotatable bonds is 3. The van der Waals surface area contributed by atoms with Gasteiger partial charge in [-0.3, -0.25) is 0 Å². The Morgan fingerprint density at radius 1 is 1.54 bits per heavy atom. The molecule has 0 aromatic heterocycles. The molecule has 1 unspecified atom stereocenters. The number of urea groups is 1. The SMILES string of the molecule is O=C(NCCO)NC1CCCCO1. The summed E-state index contributed by atoms with van der Waals surface area (Å²) in [6, 6.07) is -0.277. The third-order valence-corrected chi connectivity index (χ3v) is 1.87. The van der Waals surface area contributed by atoms with E-state index in [-0.39, 0.29) is 25.4 Å². The molecule has 1 saturated heterocycles. The van der Waals surface area contributed by atoms with E-state index in [4.69, 9.17) is 9.84 Å². The van der Waals surface area contributed by atoms with Crippen LogP contribution in [-0.2, 0) is 4.74 Å². The number of carbonyl (C=O) groups is 1. The van der Waals surface area contributed by atoms with Crippen LogP contribution in [0.1, 0.15) is 19.3 Å². The minimum absolute atomic E-state index is 0.0427. The third-order valence-electron chi connectivity index (χ3n) is 1.87. The van der Waals surface area contributed by atoms with Crippen LogP contribution in [0.3, 0.4) is 0 Å². The van der Waals surface area contributed by atoms with Crippen LogP contribution in [0.2, 0.25) is 0 Å². The van der Waals surface area contributed by atoms with Gasteiger partial charge in [-0.25, -0.2) is 4.79 Å². The molecule has 0 bridgehead atoms. The van der Waals surface area contributed by atoms with Gasteiger partial charge in [0.2, 0.25) is 0 Å². The van der Waals surface area contributed by atoms with E-state index in [1.807, 2.05) is 0 Å². The molecule has 2 amide bonds. The molecule has 1 aliphatic rings. The van der Waals surface area contributed by atoms with Gasteiger partial charge in [0.25, 0.3) is 0 Å². The smallest absolute Gasteiger partial charge is 0.316 e. The predicted molar refractivity (Wildman–Crippen MR) is 47.2 cm³/mol. The Kier molecular flexibility index (Phi) is 4.56. The van der Waals surface area contributed by atoms with E-state index in [2.05, 4.69) is 10.6 Å². The number of hydrogen-bond acceptors (Lipinski definition) is 3. The molecule has 3 N–H and O–H groups in total. The summed E-state index contributed by atoms with van der Waals surface area (Å²) in [6.07, 6.45) is 2.86. The Labute approximate surface area is 77.5 Å². The highest BCUT2D eigenvalue weighted by Crippen LogP contribution is 2.09. The molecule has 0 aromatic carbocycles. The topological polar surface area (TPSA) is 70.6 Å². The van der Waals surface area contributed by atoms with Gasteiger partial charge in [0.15, 0.2) is 0 Å². The first kappa shape index (κ1) is 10.3. The zero-order chi connectivity index (χ0) is 9.52. The highest BCUT2D eigenvalue weighted by Gasteiger charge is 2.15. The third kappa shape index (κ3) is 4.10. The Morgan fingerprint density at radius 3 is 3.00 bits per heavy atom. The van der Waals surface area contributed by atoms with E-state index in [9.17, 15) is 4.79 Å². The van der Waals surface area contributed by atoms with Crippen molar-refractivity contribution < 1.29 is 14.6 Å². The molecule has 5 nitrogen and oxygen atoms in total. The maximum atomic E-state index is 11.1. The van der Waals surface area contributed by atoms with Gasteiger partial charge in [-0.1, -0.05) is 0 Å². The maximum Gasteiger partial charge on any atom is 0.316 e. The Morgan fingerprint density at radius 2 is 2.38 bits per heavy atom. The van der Waals surface area contributed by atoms with Crippen molar-refractivity contribution >= 4 is 6.03 Å². The number of aliphatic hydroxyl groups is 1. The maximum absolute atomic E-state index is 11.1. The van der Waals surface area contributed by atoms with Gasteiger partial charge < -0.3 is 20.5 Å². The molecule has 0 spiro atoms. The van der Waals surface area contributed by atoms with E-state index < -0.39 is 0 Å². The average molecular weight is 188 g/mol. The second-order valence-electron chi connectivity index (χ2n) is 2.98. The Hall–Kier alpha value is -0.810. The Bertz CT molecular complexity index is 157. The summed E-state index contributed by atoms with van der Waals surface area (Å²) in [4.78, 5) is 11.1. The first-order chi connectivity index (χ1) is 6.33. The highest BCUT2D eigenvalue weighted by molar-refractivity contribution is 5.73. The number of ether oxygens (including phenoxy) is 1. The van der Waals surface area contributed by atoms with Gasteiger partial charge in [-0.15, -0.1) is 0 Å². The van der Waals surface area contributed by atoms with Crippen LogP contribution in [0.5, 0.6) is 0 Å². The van der Waals surface area contributed by atoms with Crippen molar-refractivity contribution in [1.82, 2.24) is 10.6 Å². The van der Waals surface area contributed by atoms with Crippen molar-refractivity contribution in [3.05, 3.63) is 0 Å². The van der Waals surface area contributed by atoms with Crippen LogP contribution in [0.25, 0.3) is 0 Å². The largest absolute Gasteiger partial charge is 0.395 e.